The molecule has 1 fully saturated rings. The molecule has 1 heterocycles. The summed E-state index contributed by atoms with van der Waals surface area (Å²) in [6.07, 6.45) is -4.09. The third kappa shape index (κ3) is 3.21. The van der Waals surface area contributed by atoms with E-state index in [-0.39, 0.29) is 25.4 Å². The summed E-state index contributed by atoms with van der Waals surface area (Å²) in [4.78, 5) is 1.69. The minimum Gasteiger partial charge on any atom is -0.367 e. The predicted molar refractivity (Wildman–Crippen MR) is 69.7 cm³/mol. The van der Waals surface area contributed by atoms with Crippen LogP contribution in [-0.2, 0) is 0 Å². The number of nitriles is 1. The van der Waals surface area contributed by atoms with Crippen LogP contribution in [0.1, 0.15) is 12.8 Å². The molecule has 1 aliphatic rings. The van der Waals surface area contributed by atoms with Crippen molar-refractivity contribution < 1.29 is 13.2 Å². The molecule has 19 heavy (non-hydrogen) atoms. The van der Waals surface area contributed by atoms with Gasteiger partial charge in [-0.3, -0.25) is 0 Å². The molecule has 0 unspecified atom stereocenters. The lowest BCUT2D eigenvalue weighted by molar-refractivity contribution is -0.168. The van der Waals surface area contributed by atoms with Crippen LogP contribution in [0.3, 0.4) is 0 Å². The van der Waals surface area contributed by atoms with Gasteiger partial charge in [0.1, 0.15) is 0 Å². The van der Waals surface area contributed by atoms with Crippen LogP contribution in [0.2, 0.25) is 0 Å². The third-order valence-electron chi connectivity index (χ3n) is 3.36. The number of hydrogen-bond donors (Lipinski definition) is 0. The van der Waals surface area contributed by atoms with E-state index in [2.05, 4.69) is 15.9 Å². The smallest absolute Gasteiger partial charge is 0.367 e. The fourth-order valence-electron chi connectivity index (χ4n) is 2.40. The molecule has 0 N–H and O–H groups in total. The van der Waals surface area contributed by atoms with Gasteiger partial charge in [0, 0.05) is 22.7 Å². The zero-order valence-corrected chi connectivity index (χ0v) is 11.6. The van der Waals surface area contributed by atoms with Crippen molar-refractivity contribution in [1.82, 2.24) is 0 Å². The first-order chi connectivity index (χ1) is 8.91. The highest BCUT2D eigenvalue weighted by atomic mass is 79.9. The van der Waals surface area contributed by atoms with E-state index >= 15 is 0 Å². The van der Waals surface area contributed by atoms with Gasteiger partial charge in [-0.15, -0.1) is 0 Å². The van der Waals surface area contributed by atoms with Crippen molar-refractivity contribution in [3.05, 3.63) is 28.7 Å². The van der Waals surface area contributed by atoms with Gasteiger partial charge in [-0.05, 0) is 30.7 Å². The van der Waals surface area contributed by atoms with Crippen molar-refractivity contribution in [3.63, 3.8) is 0 Å². The summed E-state index contributed by atoms with van der Waals surface area (Å²) in [6, 6.07) is 8.74. The van der Waals surface area contributed by atoms with E-state index < -0.39 is 12.1 Å². The van der Waals surface area contributed by atoms with E-state index in [9.17, 15) is 13.2 Å². The van der Waals surface area contributed by atoms with Gasteiger partial charge in [-0.2, -0.15) is 18.4 Å². The zero-order chi connectivity index (χ0) is 14.0. The highest BCUT2D eigenvalue weighted by molar-refractivity contribution is 9.10. The Bertz CT molecular complexity index is 478. The highest BCUT2D eigenvalue weighted by Gasteiger charge is 2.47. The fraction of sp³-hybridized carbons (Fsp3) is 0.462. The van der Waals surface area contributed by atoms with Gasteiger partial charge in [-0.25, -0.2) is 0 Å². The van der Waals surface area contributed by atoms with Crippen molar-refractivity contribution in [2.24, 2.45) is 5.92 Å². The molecule has 1 aromatic rings. The molecule has 0 radical (unpaired) electrons. The van der Waals surface area contributed by atoms with Crippen molar-refractivity contribution in [1.29, 1.82) is 5.26 Å². The van der Waals surface area contributed by atoms with Crippen LogP contribution < -0.4 is 4.90 Å². The van der Waals surface area contributed by atoms with E-state index in [1.807, 2.05) is 6.07 Å². The Labute approximate surface area is 117 Å². The molecule has 0 saturated carbocycles. The second kappa shape index (κ2) is 5.41. The van der Waals surface area contributed by atoms with Crippen LogP contribution in [0.5, 0.6) is 0 Å². The monoisotopic (exact) mass is 332 g/mol. The maximum atomic E-state index is 12.8. The molecule has 6 heteroatoms. The summed E-state index contributed by atoms with van der Waals surface area (Å²) in [5.74, 6) is -1.35. The highest BCUT2D eigenvalue weighted by Crippen LogP contribution is 2.39. The molecule has 0 aromatic heterocycles. The number of hydrogen-bond acceptors (Lipinski definition) is 2. The molecular weight excluding hydrogens is 321 g/mol. The van der Waals surface area contributed by atoms with Crippen LogP contribution in [0, 0.1) is 17.2 Å². The normalized spacial score (nSPS) is 23.4. The van der Waals surface area contributed by atoms with E-state index in [1.54, 1.807) is 29.2 Å². The molecule has 102 valence electrons. The lowest BCUT2D eigenvalue weighted by Crippen LogP contribution is -2.30. The fourth-order valence-corrected chi connectivity index (χ4v) is 2.67. The average Bonchev–Trinajstić information content (AvgIpc) is 2.74. The average molecular weight is 333 g/mol. The van der Waals surface area contributed by atoms with E-state index in [0.29, 0.717) is 0 Å². The van der Waals surface area contributed by atoms with E-state index in [0.717, 1.165) is 10.2 Å². The molecule has 0 aliphatic carbocycles. The van der Waals surface area contributed by atoms with E-state index in [4.69, 9.17) is 5.26 Å². The first-order valence-electron chi connectivity index (χ1n) is 5.87. The summed E-state index contributed by atoms with van der Waals surface area (Å²) >= 11 is 3.29. The number of nitrogens with zero attached hydrogens (tertiary/aromatic N) is 2. The van der Waals surface area contributed by atoms with Gasteiger partial charge < -0.3 is 4.90 Å². The lowest BCUT2D eigenvalue weighted by atomic mass is 10.0. The van der Waals surface area contributed by atoms with Crippen molar-refractivity contribution in [3.8, 4) is 6.07 Å². The van der Waals surface area contributed by atoms with Crippen molar-refractivity contribution in [2.75, 3.05) is 11.4 Å². The topological polar surface area (TPSA) is 27.0 Å². The Morgan fingerprint density at radius 1 is 1.32 bits per heavy atom. The second-order valence-corrected chi connectivity index (χ2v) is 5.53. The summed E-state index contributed by atoms with van der Waals surface area (Å²) in [7, 11) is 0. The largest absolute Gasteiger partial charge is 0.393 e. The predicted octanol–water partition coefficient (Wildman–Crippen LogP) is 4.12. The maximum absolute atomic E-state index is 12.8. The van der Waals surface area contributed by atoms with Crippen molar-refractivity contribution in [2.45, 2.75) is 25.1 Å². The van der Waals surface area contributed by atoms with Gasteiger partial charge in [0.2, 0.25) is 0 Å². The standard InChI is InChI=1S/C13H12BrF3N2/c14-10-1-3-11(4-2-10)19-8-9(13(15,16)17)7-12(19)5-6-18/h1-4,9,12H,5,7-8H2/t9-,12+/m1/s1. The molecule has 2 nitrogen and oxygen atoms in total. The summed E-state index contributed by atoms with van der Waals surface area (Å²) < 4.78 is 39.3. The van der Waals surface area contributed by atoms with Crippen LogP contribution in [-0.4, -0.2) is 18.8 Å². The summed E-state index contributed by atoms with van der Waals surface area (Å²) in [6.45, 7) is -0.0719. The molecule has 1 saturated heterocycles. The van der Waals surface area contributed by atoms with Crippen LogP contribution in [0.25, 0.3) is 0 Å². The molecule has 1 aliphatic heterocycles. The van der Waals surface area contributed by atoms with Crippen LogP contribution in [0.4, 0.5) is 18.9 Å². The van der Waals surface area contributed by atoms with Gasteiger partial charge in [-0.1, -0.05) is 15.9 Å². The van der Waals surface area contributed by atoms with Gasteiger partial charge in [0.25, 0.3) is 0 Å². The lowest BCUT2D eigenvalue weighted by Gasteiger charge is -2.25. The number of halogens is 4. The van der Waals surface area contributed by atoms with Crippen LogP contribution >= 0.6 is 15.9 Å². The minimum atomic E-state index is -4.20. The SMILES string of the molecule is N#CC[C@H]1C[C@@H](C(F)(F)F)CN1c1ccc(Br)cc1. The Hall–Kier alpha value is -1.22. The number of anilines is 1. The quantitative estimate of drug-likeness (QED) is 0.814. The minimum absolute atomic E-state index is 0.00682. The van der Waals surface area contributed by atoms with Gasteiger partial charge in [0.05, 0.1) is 18.4 Å². The Morgan fingerprint density at radius 2 is 1.95 bits per heavy atom. The molecule has 0 amide bonds. The molecule has 2 rings (SSSR count). The molecular formula is C13H12BrF3N2. The Balaban J connectivity index is 2.22. The molecule has 2 atom stereocenters. The molecule has 1 aromatic carbocycles. The Morgan fingerprint density at radius 3 is 2.47 bits per heavy atom. The number of alkyl halides is 3. The second-order valence-electron chi connectivity index (χ2n) is 4.62. The maximum Gasteiger partial charge on any atom is 0.393 e. The van der Waals surface area contributed by atoms with E-state index in [1.165, 1.54) is 0 Å². The first kappa shape index (κ1) is 14.2. The summed E-state index contributed by atoms with van der Waals surface area (Å²) in [5.41, 5.74) is 0.732. The number of rotatable bonds is 2. The molecule has 0 bridgehead atoms. The first-order valence-corrected chi connectivity index (χ1v) is 6.67. The van der Waals surface area contributed by atoms with Crippen molar-refractivity contribution >= 4 is 21.6 Å². The van der Waals surface area contributed by atoms with Gasteiger partial charge >= 0.3 is 6.18 Å². The third-order valence-corrected chi connectivity index (χ3v) is 3.89. The number of benzene rings is 1. The summed E-state index contributed by atoms with van der Waals surface area (Å²) in [5, 5.41) is 8.76. The zero-order valence-electron chi connectivity index (χ0n) is 9.99. The van der Waals surface area contributed by atoms with Crippen LogP contribution in [0.15, 0.2) is 28.7 Å². The molecule has 0 spiro atoms. The van der Waals surface area contributed by atoms with Gasteiger partial charge in [0.15, 0.2) is 0 Å². The Kier molecular flexibility index (Phi) is 4.04.